The molecule has 0 bridgehead atoms. The first-order valence-electron chi connectivity index (χ1n) is 13.4. The maximum Gasteiger partial charge on any atom is 0.339 e. The average molecular weight is 545 g/mol. The number of para-hydroxylation sites is 1. The molecule has 204 valence electrons. The fourth-order valence-electron chi connectivity index (χ4n) is 4.54. The summed E-state index contributed by atoms with van der Waals surface area (Å²) in [6.07, 6.45) is 5.68. The minimum Gasteiger partial charge on any atom is -0.457 e. The Morgan fingerprint density at radius 3 is 2.56 bits per heavy atom. The second kappa shape index (κ2) is 11.4. The van der Waals surface area contributed by atoms with E-state index in [0.717, 1.165) is 0 Å². The Labute approximate surface area is 236 Å². The van der Waals surface area contributed by atoms with Crippen LogP contribution in [-0.4, -0.2) is 34.2 Å². The van der Waals surface area contributed by atoms with Gasteiger partial charge in [-0.1, -0.05) is 36.3 Å². The van der Waals surface area contributed by atoms with Gasteiger partial charge >= 0.3 is 5.69 Å². The number of nitrogens with two attached hydrogens (primary N) is 1. The van der Waals surface area contributed by atoms with E-state index in [1.165, 1.54) is 28.1 Å². The lowest BCUT2D eigenvalue weighted by Crippen LogP contribution is -2.36. The van der Waals surface area contributed by atoms with Crippen molar-refractivity contribution < 1.29 is 9.53 Å². The summed E-state index contributed by atoms with van der Waals surface area (Å²) in [7, 11) is 0. The van der Waals surface area contributed by atoms with Crippen molar-refractivity contribution in [3.05, 3.63) is 112 Å². The number of anilines is 1. The van der Waals surface area contributed by atoms with Gasteiger partial charge in [0, 0.05) is 24.4 Å². The van der Waals surface area contributed by atoms with Crippen molar-refractivity contribution >= 4 is 17.3 Å². The SMILES string of the molecule is NC1=c2c(n(-c3cccc(NC(=O)/C=C/CNC4CC4)c3)c(=O)n2-c2ccc(Oc3ccccc3)cc2)=NCC#C1. The molecule has 1 saturated carbocycles. The second-order valence-electron chi connectivity index (χ2n) is 9.69. The van der Waals surface area contributed by atoms with Crippen LogP contribution in [0.15, 0.2) is 101 Å². The number of benzene rings is 3. The number of imidazole rings is 1. The quantitative estimate of drug-likeness (QED) is 0.221. The van der Waals surface area contributed by atoms with Gasteiger partial charge in [0.25, 0.3) is 0 Å². The molecule has 2 heterocycles. The highest BCUT2D eigenvalue weighted by atomic mass is 16.5. The average Bonchev–Trinajstić information content (AvgIpc) is 3.78. The molecule has 41 heavy (non-hydrogen) atoms. The number of nitrogens with zero attached hydrogens (tertiary/aromatic N) is 3. The number of rotatable bonds is 9. The van der Waals surface area contributed by atoms with Crippen LogP contribution in [0.1, 0.15) is 12.8 Å². The molecule has 9 nitrogen and oxygen atoms in total. The highest BCUT2D eigenvalue weighted by Gasteiger charge is 2.19. The Hall–Kier alpha value is -5.33. The van der Waals surface area contributed by atoms with E-state index in [9.17, 15) is 9.59 Å². The van der Waals surface area contributed by atoms with Crippen LogP contribution in [0.4, 0.5) is 5.69 Å². The van der Waals surface area contributed by atoms with Gasteiger partial charge in [-0.15, -0.1) is 0 Å². The number of carbonyl (C=O) groups excluding carboxylic acids is 1. The molecule has 3 aromatic carbocycles. The Bertz CT molecular complexity index is 1870. The molecule has 1 aliphatic heterocycles. The first kappa shape index (κ1) is 25.9. The van der Waals surface area contributed by atoms with Crippen molar-refractivity contribution in [2.45, 2.75) is 18.9 Å². The molecule has 9 heteroatoms. The zero-order valence-electron chi connectivity index (χ0n) is 22.2. The molecule has 4 aromatic rings. The first-order valence-corrected chi connectivity index (χ1v) is 13.4. The summed E-state index contributed by atoms with van der Waals surface area (Å²) in [6.45, 7) is 0.838. The lowest BCUT2D eigenvalue weighted by Gasteiger charge is -2.08. The van der Waals surface area contributed by atoms with E-state index in [4.69, 9.17) is 10.5 Å². The number of nitrogens with one attached hydrogen (secondary N) is 2. The van der Waals surface area contributed by atoms with E-state index >= 15 is 0 Å². The molecule has 1 amide bonds. The summed E-state index contributed by atoms with van der Waals surface area (Å²) >= 11 is 0. The Balaban J connectivity index is 1.34. The number of fused-ring (bicyclic) bond motifs is 1. The van der Waals surface area contributed by atoms with E-state index in [1.54, 1.807) is 54.6 Å². The molecule has 0 atom stereocenters. The molecule has 0 unspecified atom stereocenters. The molecule has 1 fully saturated rings. The Kier molecular flexibility index (Phi) is 7.22. The number of aromatic nitrogens is 2. The largest absolute Gasteiger partial charge is 0.457 e. The first-order chi connectivity index (χ1) is 20.1. The maximum atomic E-state index is 14.0. The Morgan fingerprint density at radius 1 is 1.00 bits per heavy atom. The molecular weight excluding hydrogens is 516 g/mol. The Morgan fingerprint density at radius 2 is 1.78 bits per heavy atom. The van der Waals surface area contributed by atoms with Gasteiger partial charge in [0.05, 0.1) is 11.4 Å². The summed E-state index contributed by atoms with van der Waals surface area (Å²) in [5.41, 5.74) is 8.29. The van der Waals surface area contributed by atoms with Crippen molar-refractivity contribution in [1.82, 2.24) is 14.5 Å². The van der Waals surface area contributed by atoms with Crippen LogP contribution in [0.3, 0.4) is 0 Å². The van der Waals surface area contributed by atoms with Gasteiger partial charge in [0.1, 0.15) is 29.1 Å². The summed E-state index contributed by atoms with van der Waals surface area (Å²) < 4.78 is 8.89. The third-order valence-corrected chi connectivity index (χ3v) is 6.63. The smallest absolute Gasteiger partial charge is 0.339 e. The van der Waals surface area contributed by atoms with Gasteiger partial charge in [-0.25, -0.2) is 9.36 Å². The number of carbonyl (C=O) groups is 1. The fraction of sp³-hybridized carbons (Fsp3) is 0.156. The van der Waals surface area contributed by atoms with Crippen molar-refractivity contribution in [3.63, 3.8) is 0 Å². The summed E-state index contributed by atoms with van der Waals surface area (Å²) in [5.74, 6) is 6.90. The van der Waals surface area contributed by atoms with Crippen LogP contribution < -0.4 is 37.6 Å². The normalized spacial score (nSPS) is 14.0. The minimum absolute atomic E-state index is 0.192. The molecule has 1 aliphatic carbocycles. The third-order valence-electron chi connectivity index (χ3n) is 6.63. The topological polar surface area (TPSA) is 116 Å². The predicted molar refractivity (Wildman–Crippen MR) is 158 cm³/mol. The summed E-state index contributed by atoms with van der Waals surface area (Å²) in [4.78, 5) is 31.0. The zero-order valence-corrected chi connectivity index (χ0v) is 22.2. The minimum atomic E-state index is -0.364. The summed E-state index contributed by atoms with van der Waals surface area (Å²) in [6, 6.07) is 24.2. The van der Waals surface area contributed by atoms with Crippen molar-refractivity contribution in [3.8, 4) is 34.7 Å². The molecule has 0 radical (unpaired) electrons. The molecule has 6 rings (SSSR count). The van der Waals surface area contributed by atoms with Crippen LogP contribution in [0.25, 0.3) is 17.1 Å². The van der Waals surface area contributed by atoms with E-state index in [0.29, 0.717) is 52.0 Å². The second-order valence-corrected chi connectivity index (χ2v) is 9.69. The van der Waals surface area contributed by atoms with Crippen LogP contribution in [0.5, 0.6) is 11.5 Å². The van der Waals surface area contributed by atoms with Gasteiger partial charge in [0.15, 0.2) is 5.49 Å². The van der Waals surface area contributed by atoms with E-state index in [1.807, 2.05) is 30.3 Å². The van der Waals surface area contributed by atoms with E-state index < -0.39 is 0 Å². The van der Waals surface area contributed by atoms with Gasteiger partial charge in [-0.3, -0.25) is 14.4 Å². The van der Waals surface area contributed by atoms with Crippen LogP contribution in [0.2, 0.25) is 0 Å². The lowest BCUT2D eigenvalue weighted by molar-refractivity contribution is -0.111. The summed E-state index contributed by atoms with van der Waals surface area (Å²) in [5, 5.41) is 6.61. The van der Waals surface area contributed by atoms with Gasteiger partial charge in [-0.2, -0.15) is 0 Å². The van der Waals surface area contributed by atoms with Crippen LogP contribution >= 0.6 is 0 Å². The van der Waals surface area contributed by atoms with Gasteiger partial charge in [-0.05, 0) is 73.4 Å². The van der Waals surface area contributed by atoms with Crippen molar-refractivity contribution in [1.29, 1.82) is 0 Å². The highest BCUT2D eigenvalue weighted by molar-refractivity contribution is 5.99. The van der Waals surface area contributed by atoms with Gasteiger partial charge < -0.3 is 21.1 Å². The molecule has 0 saturated heterocycles. The zero-order chi connectivity index (χ0) is 28.2. The third kappa shape index (κ3) is 5.83. The number of hydrogen-bond donors (Lipinski definition) is 3. The van der Waals surface area contributed by atoms with Crippen LogP contribution in [0, 0.1) is 11.8 Å². The predicted octanol–water partition coefficient (Wildman–Crippen LogP) is 2.37. The monoisotopic (exact) mass is 544 g/mol. The van der Waals surface area contributed by atoms with E-state index in [2.05, 4.69) is 27.5 Å². The molecular formula is C32H28N6O3. The number of hydrogen-bond acceptors (Lipinski definition) is 6. The van der Waals surface area contributed by atoms with Gasteiger partial charge in [0.2, 0.25) is 5.91 Å². The highest BCUT2D eigenvalue weighted by Crippen LogP contribution is 2.22. The fourth-order valence-corrected chi connectivity index (χ4v) is 4.54. The van der Waals surface area contributed by atoms with Crippen molar-refractivity contribution in [2.75, 3.05) is 18.4 Å². The van der Waals surface area contributed by atoms with E-state index in [-0.39, 0.29) is 23.8 Å². The van der Waals surface area contributed by atoms with Crippen LogP contribution in [-0.2, 0) is 4.79 Å². The molecule has 4 N–H and O–H groups in total. The molecule has 0 spiro atoms. The molecule has 1 aromatic heterocycles. The maximum absolute atomic E-state index is 14.0. The number of ether oxygens (including phenoxy) is 1. The van der Waals surface area contributed by atoms with Crippen molar-refractivity contribution in [2.24, 2.45) is 10.7 Å². The number of amides is 1. The molecule has 2 aliphatic rings. The standard InChI is InChI=1S/C32H28N6O3/c33-28-11-5-20-35-31-30(28)37(24-15-17-27(18-16-24)41-26-9-2-1-3-10-26)32(40)38(31)25-8-4-7-23(21-25)36-29(39)12-6-19-34-22-13-14-22/h1-4,6-10,12,15-18,21-22,34H,13-14,19-20,33H2,(H,36,39)/b12-6+. The lowest BCUT2D eigenvalue weighted by atomic mass is 10.2.